The van der Waals surface area contributed by atoms with Gasteiger partial charge in [0.25, 0.3) is 5.91 Å². The molecular formula is C14H18N2O4S. The number of amides is 1. The quantitative estimate of drug-likeness (QED) is 0.859. The van der Waals surface area contributed by atoms with Crippen LogP contribution in [0, 0.1) is 0 Å². The number of ether oxygens (including phenoxy) is 1. The minimum Gasteiger partial charge on any atom is -0.492 e. The number of nitrogens with one attached hydrogen (secondary N) is 2. The van der Waals surface area contributed by atoms with E-state index in [4.69, 9.17) is 4.74 Å². The number of carbonyl (C=O) groups is 1. The number of para-hydroxylation sites is 1. The van der Waals surface area contributed by atoms with Crippen molar-refractivity contribution in [1.29, 1.82) is 0 Å². The normalized spacial score (nSPS) is 22.4. The lowest BCUT2D eigenvalue weighted by molar-refractivity contribution is -0.121. The largest absolute Gasteiger partial charge is 0.492 e. The molecule has 0 bridgehead atoms. The lowest BCUT2D eigenvalue weighted by Gasteiger charge is -2.26. The van der Waals surface area contributed by atoms with Gasteiger partial charge in [-0.1, -0.05) is 24.6 Å². The van der Waals surface area contributed by atoms with Gasteiger partial charge in [0.15, 0.2) is 0 Å². The van der Waals surface area contributed by atoms with Crippen molar-refractivity contribution in [1.82, 2.24) is 10.0 Å². The zero-order valence-electron chi connectivity index (χ0n) is 11.5. The second kappa shape index (κ2) is 5.65. The number of benzene rings is 1. The summed E-state index contributed by atoms with van der Waals surface area (Å²) in [5.74, 6) is 0.0727. The van der Waals surface area contributed by atoms with E-state index in [0.29, 0.717) is 37.3 Å². The molecule has 1 amide bonds. The van der Waals surface area contributed by atoms with Crippen LogP contribution in [-0.4, -0.2) is 32.7 Å². The summed E-state index contributed by atoms with van der Waals surface area (Å²) >= 11 is 0. The number of carbonyl (C=O) groups excluding carboxylic acids is 1. The second-order valence-corrected chi connectivity index (χ2v) is 7.30. The molecule has 0 spiro atoms. The highest BCUT2D eigenvalue weighted by Crippen LogP contribution is 2.29. The molecule has 1 unspecified atom stereocenters. The SMILES string of the molecule is O=C(NS(=O)(=O)C1CCC1)C1NCCOc2ccccc21. The molecule has 7 heteroatoms. The molecule has 1 aromatic rings. The van der Waals surface area contributed by atoms with Gasteiger partial charge in [-0.15, -0.1) is 0 Å². The van der Waals surface area contributed by atoms with E-state index in [1.165, 1.54) is 0 Å². The molecular weight excluding hydrogens is 292 g/mol. The molecule has 1 fully saturated rings. The fraction of sp³-hybridized carbons (Fsp3) is 0.500. The van der Waals surface area contributed by atoms with Crippen LogP contribution in [0.25, 0.3) is 0 Å². The third-order valence-corrected chi connectivity index (χ3v) is 5.77. The van der Waals surface area contributed by atoms with Gasteiger partial charge in [-0.2, -0.15) is 0 Å². The van der Waals surface area contributed by atoms with Crippen LogP contribution in [0.3, 0.4) is 0 Å². The molecule has 2 aliphatic rings. The van der Waals surface area contributed by atoms with Crippen LogP contribution in [0.4, 0.5) is 0 Å². The fourth-order valence-corrected chi connectivity index (χ4v) is 4.04. The minimum absolute atomic E-state index is 0.432. The lowest BCUT2D eigenvalue weighted by Crippen LogP contribution is -2.46. The monoisotopic (exact) mass is 310 g/mol. The topological polar surface area (TPSA) is 84.5 Å². The first-order valence-electron chi connectivity index (χ1n) is 7.08. The van der Waals surface area contributed by atoms with Crippen molar-refractivity contribution in [2.45, 2.75) is 30.6 Å². The van der Waals surface area contributed by atoms with Gasteiger partial charge in [-0.25, -0.2) is 8.42 Å². The van der Waals surface area contributed by atoms with E-state index in [2.05, 4.69) is 10.0 Å². The molecule has 1 saturated carbocycles. The van der Waals surface area contributed by atoms with Crippen molar-refractivity contribution in [2.75, 3.05) is 13.2 Å². The maximum absolute atomic E-state index is 12.4. The number of sulfonamides is 1. The van der Waals surface area contributed by atoms with Gasteiger partial charge in [-0.3, -0.25) is 14.8 Å². The zero-order valence-corrected chi connectivity index (χ0v) is 12.4. The van der Waals surface area contributed by atoms with Crippen LogP contribution in [-0.2, 0) is 14.8 Å². The number of hydrogen-bond donors (Lipinski definition) is 2. The van der Waals surface area contributed by atoms with E-state index in [1.54, 1.807) is 18.2 Å². The number of rotatable bonds is 3. The molecule has 0 radical (unpaired) electrons. The summed E-state index contributed by atoms with van der Waals surface area (Å²) in [6, 6.07) is 6.47. The highest BCUT2D eigenvalue weighted by molar-refractivity contribution is 7.90. The van der Waals surface area contributed by atoms with Crippen molar-refractivity contribution in [3.63, 3.8) is 0 Å². The predicted molar refractivity (Wildman–Crippen MR) is 77.4 cm³/mol. The first-order valence-corrected chi connectivity index (χ1v) is 8.63. The highest BCUT2D eigenvalue weighted by Gasteiger charge is 2.35. The molecule has 2 N–H and O–H groups in total. The fourth-order valence-electron chi connectivity index (χ4n) is 2.52. The highest BCUT2D eigenvalue weighted by atomic mass is 32.2. The second-order valence-electron chi connectivity index (χ2n) is 5.34. The van der Waals surface area contributed by atoms with Crippen LogP contribution < -0.4 is 14.8 Å². The number of fused-ring (bicyclic) bond motifs is 1. The van der Waals surface area contributed by atoms with Gasteiger partial charge in [0, 0.05) is 12.1 Å². The zero-order chi connectivity index (χ0) is 14.9. The van der Waals surface area contributed by atoms with Crippen molar-refractivity contribution in [2.24, 2.45) is 0 Å². The van der Waals surface area contributed by atoms with E-state index in [-0.39, 0.29) is 0 Å². The summed E-state index contributed by atoms with van der Waals surface area (Å²) < 4.78 is 31.9. The molecule has 3 rings (SSSR count). The van der Waals surface area contributed by atoms with Gasteiger partial charge >= 0.3 is 0 Å². The minimum atomic E-state index is -3.57. The van der Waals surface area contributed by atoms with Crippen molar-refractivity contribution < 1.29 is 17.9 Å². The molecule has 6 nitrogen and oxygen atoms in total. The van der Waals surface area contributed by atoms with Crippen molar-refractivity contribution in [3.05, 3.63) is 29.8 Å². The standard InChI is InChI=1S/C14H18N2O4S/c17-14(16-21(18,19)10-4-3-5-10)13-11-6-1-2-7-12(11)20-9-8-15-13/h1-2,6-7,10,13,15H,3-5,8-9H2,(H,16,17). The molecule has 21 heavy (non-hydrogen) atoms. The summed E-state index contributed by atoms with van der Waals surface area (Å²) in [4.78, 5) is 12.4. The van der Waals surface area contributed by atoms with Gasteiger partial charge in [0.05, 0.1) is 5.25 Å². The van der Waals surface area contributed by atoms with E-state index in [0.717, 1.165) is 6.42 Å². The maximum Gasteiger partial charge on any atom is 0.255 e. The van der Waals surface area contributed by atoms with Gasteiger partial charge < -0.3 is 4.74 Å². The summed E-state index contributed by atoms with van der Waals surface area (Å²) in [6.45, 7) is 0.923. The molecule has 1 aromatic carbocycles. The van der Waals surface area contributed by atoms with E-state index < -0.39 is 27.2 Å². The first-order chi connectivity index (χ1) is 10.1. The average molecular weight is 310 g/mol. The Morgan fingerprint density at radius 2 is 2.05 bits per heavy atom. The molecule has 0 aromatic heterocycles. The van der Waals surface area contributed by atoms with Crippen LogP contribution in [0.2, 0.25) is 0 Å². The molecule has 114 valence electrons. The third-order valence-electron chi connectivity index (χ3n) is 3.93. The Hall–Kier alpha value is -1.60. The Bertz CT molecular complexity index is 640. The lowest BCUT2D eigenvalue weighted by atomic mass is 10.0. The summed E-state index contributed by atoms with van der Waals surface area (Å²) in [5.41, 5.74) is 0.663. The van der Waals surface area contributed by atoms with E-state index in [9.17, 15) is 13.2 Å². The van der Waals surface area contributed by atoms with Crippen molar-refractivity contribution in [3.8, 4) is 5.75 Å². The molecule has 0 saturated heterocycles. The molecule has 1 atom stereocenters. The summed E-state index contributed by atoms with van der Waals surface area (Å²) in [6.07, 6.45) is 2.15. The van der Waals surface area contributed by atoms with Crippen LogP contribution >= 0.6 is 0 Å². The van der Waals surface area contributed by atoms with Crippen LogP contribution in [0.1, 0.15) is 30.9 Å². The number of hydrogen-bond acceptors (Lipinski definition) is 5. The van der Waals surface area contributed by atoms with Crippen LogP contribution in [0.15, 0.2) is 24.3 Å². The van der Waals surface area contributed by atoms with E-state index >= 15 is 0 Å². The third kappa shape index (κ3) is 2.89. The summed E-state index contributed by atoms with van der Waals surface area (Å²) in [5, 5.41) is 2.60. The Labute approximate surface area is 123 Å². The Morgan fingerprint density at radius 3 is 2.76 bits per heavy atom. The molecule has 1 aliphatic heterocycles. The maximum atomic E-state index is 12.4. The van der Waals surface area contributed by atoms with Crippen LogP contribution in [0.5, 0.6) is 5.75 Å². The predicted octanol–water partition coefficient (Wildman–Crippen LogP) is 0.708. The molecule has 1 aliphatic carbocycles. The Morgan fingerprint density at radius 1 is 1.29 bits per heavy atom. The average Bonchev–Trinajstić information content (AvgIpc) is 2.57. The Kier molecular flexibility index (Phi) is 3.86. The Balaban J connectivity index is 1.81. The van der Waals surface area contributed by atoms with Crippen molar-refractivity contribution >= 4 is 15.9 Å². The first kappa shape index (κ1) is 14.3. The smallest absolute Gasteiger partial charge is 0.255 e. The van der Waals surface area contributed by atoms with Gasteiger partial charge in [0.1, 0.15) is 18.4 Å². The van der Waals surface area contributed by atoms with Gasteiger partial charge in [-0.05, 0) is 18.9 Å². The summed E-state index contributed by atoms with van der Waals surface area (Å²) in [7, 11) is -3.57. The van der Waals surface area contributed by atoms with E-state index in [1.807, 2.05) is 6.07 Å². The van der Waals surface area contributed by atoms with Gasteiger partial charge in [0.2, 0.25) is 10.0 Å². The molecule has 1 heterocycles.